The van der Waals surface area contributed by atoms with Crippen LogP contribution in [0.25, 0.3) is 0 Å². The molecule has 0 aliphatic rings. The minimum atomic E-state index is -4.54. The van der Waals surface area contributed by atoms with Gasteiger partial charge in [0.05, 0.1) is 17.2 Å². The molecule has 2 aromatic rings. The van der Waals surface area contributed by atoms with Crippen molar-refractivity contribution in [2.45, 2.75) is 24.7 Å². The van der Waals surface area contributed by atoms with Crippen molar-refractivity contribution in [3.63, 3.8) is 0 Å². The van der Waals surface area contributed by atoms with Crippen LogP contribution in [0.4, 0.5) is 13.2 Å². The van der Waals surface area contributed by atoms with Crippen LogP contribution in [0.15, 0.2) is 48.5 Å². The van der Waals surface area contributed by atoms with E-state index in [1.54, 1.807) is 18.2 Å². The maximum Gasteiger partial charge on any atom is 0.416 e. The van der Waals surface area contributed by atoms with Gasteiger partial charge in [-0.05, 0) is 35.4 Å². The van der Waals surface area contributed by atoms with Crippen LogP contribution in [0.2, 0.25) is 0 Å². The van der Waals surface area contributed by atoms with Crippen molar-refractivity contribution in [3.05, 3.63) is 70.8 Å². The van der Waals surface area contributed by atoms with E-state index >= 15 is 0 Å². The van der Waals surface area contributed by atoms with E-state index in [1.807, 2.05) is 6.07 Å². The molecular formula is C19H16F3N3O3. The average Bonchev–Trinajstić information content (AvgIpc) is 2.66. The Kier molecular flexibility index (Phi) is 6.38. The predicted octanol–water partition coefficient (Wildman–Crippen LogP) is 1.82. The molecule has 0 saturated carbocycles. The lowest BCUT2D eigenvalue weighted by molar-refractivity contribution is -0.137. The lowest BCUT2D eigenvalue weighted by Gasteiger charge is -2.19. The summed E-state index contributed by atoms with van der Waals surface area (Å²) in [5.74, 6) is -1.85. The summed E-state index contributed by atoms with van der Waals surface area (Å²) < 4.78 is 37.8. The molecule has 0 spiro atoms. The topological polar surface area (TPSA) is 116 Å². The molecule has 0 aliphatic carbocycles. The molecule has 9 heteroatoms. The Labute approximate surface area is 158 Å². The molecule has 2 rings (SSSR count). The Balaban J connectivity index is 2.10. The van der Waals surface area contributed by atoms with E-state index in [-0.39, 0.29) is 12.0 Å². The number of nitrogens with one attached hydrogen (secondary N) is 1. The van der Waals surface area contributed by atoms with Crippen LogP contribution < -0.4 is 11.1 Å². The number of alkyl halides is 3. The van der Waals surface area contributed by atoms with Gasteiger partial charge in [0.1, 0.15) is 6.04 Å². The van der Waals surface area contributed by atoms with Gasteiger partial charge in [-0.15, -0.1) is 0 Å². The highest BCUT2D eigenvalue weighted by Gasteiger charge is 2.31. The fourth-order valence-electron chi connectivity index (χ4n) is 2.48. The van der Waals surface area contributed by atoms with Gasteiger partial charge in [0, 0.05) is 6.42 Å². The minimum Gasteiger partial charge on any atom is -0.378 e. The normalized spacial score (nSPS) is 13.2. The molecule has 0 aromatic heterocycles. The molecule has 2 atom stereocenters. The summed E-state index contributed by atoms with van der Waals surface area (Å²) in [7, 11) is 0. The van der Waals surface area contributed by atoms with Gasteiger partial charge in [-0.2, -0.15) is 18.4 Å². The molecule has 146 valence electrons. The van der Waals surface area contributed by atoms with E-state index in [0.717, 1.165) is 24.3 Å². The second-order valence-electron chi connectivity index (χ2n) is 6.00. The third-order valence-corrected chi connectivity index (χ3v) is 3.96. The van der Waals surface area contributed by atoms with Crippen molar-refractivity contribution in [1.82, 2.24) is 5.32 Å². The van der Waals surface area contributed by atoms with Crippen LogP contribution in [0.5, 0.6) is 0 Å². The highest BCUT2D eigenvalue weighted by atomic mass is 19.4. The van der Waals surface area contributed by atoms with Crippen molar-refractivity contribution in [1.29, 1.82) is 5.26 Å². The molecule has 28 heavy (non-hydrogen) atoms. The van der Waals surface area contributed by atoms with Gasteiger partial charge >= 0.3 is 6.18 Å². The number of nitriles is 1. The number of carbonyl (C=O) groups excluding carboxylic acids is 2. The van der Waals surface area contributed by atoms with Gasteiger partial charge in [-0.25, -0.2) is 0 Å². The average molecular weight is 391 g/mol. The lowest BCUT2D eigenvalue weighted by Crippen LogP contribution is -2.47. The Hall–Kier alpha value is -3.38. The third-order valence-electron chi connectivity index (χ3n) is 3.96. The zero-order chi connectivity index (χ0) is 20.9. The van der Waals surface area contributed by atoms with E-state index in [1.165, 1.54) is 6.07 Å². The minimum absolute atomic E-state index is 0.0175. The fraction of sp³-hybridized carbons (Fsp3) is 0.211. The number of aliphatic hydroxyl groups is 1. The SMILES string of the molecule is N#Cc1cccc(C[C@@H](NC(=O)[C@H](O)c2ccc(C(F)(F)F)cc2)C(N)=O)c1. The van der Waals surface area contributed by atoms with Gasteiger partial charge < -0.3 is 16.2 Å². The van der Waals surface area contributed by atoms with Gasteiger partial charge in [-0.3, -0.25) is 9.59 Å². The number of nitrogens with two attached hydrogens (primary N) is 1. The first-order chi connectivity index (χ1) is 13.1. The quantitative estimate of drug-likeness (QED) is 0.696. The smallest absolute Gasteiger partial charge is 0.378 e. The second-order valence-corrected chi connectivity index (χ2v) is 6.00. The summed E-state index contributed by atoms with van der Waals surface area (Å²) >= 11 is 0. The second kappa shape index (κ2) is 8.54. The first-order valence-corrected chi connectivity index (χ1v) is 8.05. The number of benzene rings is 2. The lowest BCUT2D eigenvalue weighted by atomic mass is 10.0. The van der Waals surface area contributed by atoms with Crippen molar-refractivity contribution < 1.29 is 27.9 Å². The van der Waals surface area contributed by atoms with Crippen molar-refractivity contribution in [2.75, 3.05) is 0 Å². The van der Waals surface area contributed by atoms with Crippen molar-refractivity contribution >= 4 is 11.8 Å². The van der Waals surface area contributed by atoms with Gasteiger partial charge in [0.25, 0.3) is 5.91 Å². The summed E-state index contributed by atoms with van der Waals surface area (Å²) in [6.45, 7) is 0. The maximum atomic E-state index is 12.6. The van der Waals surface area contributed by atoms with Crippen LogP contribution in [0, 0.1) is 11.3 Å². The van der Waals surface area contributed by atoms with Crippen LogP contribution in [0.1, 0.15) is 28.4 Å². The summed E-state index contributed by atoms with van der Waals surface area (Å²) in [4.78, 5) is 23.9. The molecule has 0 unspecified atom stereocenters. The van der Waals surface area contributed by atoms with Crippen molar-refractivity contribution in [2.24, 2.45) is 5.73 Å². The van der Waals surface area contributed by atoms with E-state index in [9.17, 15) is 27.9 Å². The number of nitrogens with zero attached hydrogens (tertiary/aromatic N) is 1. The molecule has 0 fully saturated rings. The van der Waals surface area contributed by atoms with Crippen LogP contribution in [0.3, 0.4) is 0 Å². The van der Waals surface area contributed by atoms with E-state index in [0.29, 0.717) is 11.1 Å². The monoisotopic (exact) mass is 391 g/mol. The summed E-state index contributed by atoms with van der Waals surface area (Å²) in [5.41, 5.74) is 5.22. The fourth-order valence-corrected chi connectivity index (χ4v) is 2.48. The molecular weight excluding hydrogens is 375 g/mol. The number of rotatable bonds is 6. The molecule has 0 saturated heterocycles. The molecule has 2 amide bonds. The molecule has 4 N–H and O–H groups in total. The Morgan fingerprint density at radius 3 is 2.36 bits per heavy atom. The van der Waals surface area contributed by atoms with Gasteiger partial charge in [0.15, 0.2) is 6.10 Å². The molecule has 2 aromatic carbocycles. The summed E-state index contributed by atoms with van der Waals surface area (Å²) in [6, 6.07) is 10.5. The summed E-state index contributed by atoms with van der Waals surface area (Å²) in [6.07, 6.45) is -6.34. The van der Waals surface area contributed by atoms with Gasteiger partial charge in [-0.1, -0.05) is 24.3 Å². The van der Waals surface area contributed by atoms with Crippen molar-refractivity contribution in [3.8, 4) is 6.07 Å². The number of primary amides is 1. The maximum absolute atomic E-state index is 12.6. The van der Waals surface area contributed by atoms with E-state index in [4.69, 9.17) is 11.0 Å². The van der Waals surface area contributed by atoms with Crippen LogP contribution in [-0.4, -0.2) is 23.0 Å². The first kappa shape index (κ1) is 20.9. The molecule has 0 radical (unpaired) electrons. The zero-order valence-electron chi connectivity index (χ0n) is 14.4. The Morgan fingerprint density at radius 1 is 1.18 bits per heavy atom. The first-order valence-electron chi connectivity index (χ1n) is 8.05. The third kappa shape index (κ3) is 5.31. The number of amides is 2. The molecule has 6 nitrogen and oxygen atoms in total. The van der Waals surface area contributed by atoms with Crippen LogP contribution >= 0.6 is 0 Å². The Morgan fingerprint density at radius 2 is 1.82 bits per heavy atom. The summed E-state index contributed by atoms with van der Waals surface area (Å²) in [5, 5.41) is 21.3. The number of aliphatic hydroxyl groups excluding tert-OH is 1. The van der Waals surface area contributed by atoms with E-state index < -0.39 is 35.7 Å². The highest BCUT2D eigenvalue weighted by Crippen LogP contribution is 2.30. The Bertz CT molecular complexity index is 905. The molecule has 0 aliphatic heterocycles. The zero-order valence-corrected chi connectivity index (χ0v) is 14.4. The number of halogens is 3. The molecule has 0 bridgehead atoms. The predicted molar refractivity (Wildman–Crippen MR) is 92.4 cm³/mol. The number of hydrogen-bond acceptors (Lipinski definition) is 4. The van der Waals surface area contributed by atoms with Crippen LogP contribution in [-0.2, 0) is 22.2 Å². The standard InChI is InChI=1S/C19H16F3N3O3/c20-19(21,22)14-6-4-13(5-7-14)16(26)18(28)25-15(17(24)27)9-11-2-1-3-12(8-11)10-23/h1-8,15-16,26H,9H2,(H2,24,27)(H,25,28)/t15-,16-/m1/s1. The highest BCUT2D eigenvalue weighted by molar-refractivity contribution is 5.89. The van der Waals surface area contributed by atoms with Gasteiger partial charge in [0.2, 0.25) is 5.91 Å². The van der Waals surface area contributed by atoms with E-state index in [2.05, 4.69) is 5.32 Å². The number of hydrogen-bond donors (Lipinski definition) is 3. The molecule has 0 heterocycles. The largest absolute Gasteiger partial charge is 0.416 e. The number of carbonyl (C=O) groups is 2.